The van der Waals surface area contributed by atoms with Crippen molar-refractivity contribution in [2.24, 2.45) is 11.7 Å². The Hall–Kier alpha value is -2.25. The van der Waals surface area contributed by atoms with Gasteiger partial charge in [-0.25, -0.2) is 4.79 Å². The quantitative estimate of drug-likeness (QED) is 0.528. The van der Waals surface area contributed by atoms with Crippen molar-refractivity contribution in [3.05, 3.63) is 20.8 Å². The summed E-state index contributed by atoms with van der Waals surface area (Å²) in [7, 11) is 0. The monoisotopic (exact) mass is 269 g/mol. The summed E-state index contributed by atoms with van der Waals surface area (Å²) in [5.74, 6) is -0.228. The minimum absolute atomic E-state index is 0.0620. The molecule has 8 heteroatoms. The highest BCUT2D eigenvalue weighted by atomic mass is 16.2. The number of anilines is 2. The van der Waals surface area contributed by atoms with E-state index in [2.05, 4.69) is 10.3 Å². The predicted octanol–water partition coefficient (Wildman–Crippen LogP) is -0.938. The number of aromatic nitrogens is 2. The third-order valence-electron chi connectivity index (χ3n) is 2.46. The first-order valence-electron chi connectivity index (χ1n) is 5.97. The van der Waals surface area contributed by atoms with E-state index in [1.807, 2.05) is 13.8 Å². The van der Waals surface area contributed by atoms with E-state index in [0.717, 1.165) is 0 Å². The Morgan fingerprint density at radius 3 is 2.58 bits per heavy atom. The van der Waals surface area contributed by atoms with Gasteiger partial charge in [0.05, 0.1) is 0 Å². The van der Waals surface area contributed by atoms with E-state index in [1.165, 1.54) is 4.57 Å². The Kier molecular flexibility index (Phi) is 4.74. The van der Waals surface area contributed by atoms with E-state index in [0.29, 0.717) is 6.54 Å². The van der Waals surface area contributed by atoms with Gasteiger partial charge in [-0.05, 0) is 5.92 Å². The van der Waals surface area contributed by atoms with Gasteiger partial charge in [0.15, 0.2) is 0 Å². The lowest BCUT2D eigenvalue weighted by Crippen LogP contribution is -2.35. The normalized spacial score (nSPS) is 10.7. The van der Waals surface area contributed by atoms with E-state index in [1.54, 1.807) is 0 Å². The lowest BCUT2D eigenvalue weighted by Gasteiger charge is -2.15. The van der Waals surface area contributed by atoms with Gasteiger partial charge in [-0.3, -0.25) is 19.1 Å². The number of H-pyrrole nitrogens is 1. The maximum atomic E-state index is 11.7. The second kappa shape index (κ2) is 6.07. The number of nitrogens with zero attached hydrogens (tertiary/aromatic N) is 1. The van der Waals surface area contributed by atoms with E-state index in [4.69, 9.17) is 11.5 Å². The van der Waals surface area contributed by atoms with Gasteiger partial charge in [0.25, 0.3) is 5.56 Å². The van der Waals surface area contributed by atoms with Crippen LogP contribution in [-0.4, -0.2) is 22.0 Å². The number of rotatable bonds is 6. The molecule has 0 aliphatic rings. The van der Waals surface area contributed by atoms with Crippen LogP contribution in [-0.2, 0) is 11.3 Å². The Balaban J connectivity index is 3.07. The molecular formula is C11H19N5O3. The maximum Gasteiger partial charge on any atom is 0.330 e. The number of nitrogen functional groups attached to an aromatic ring is 1. The SMILES string of the molecule is CC(C)Cn1c(N)c(NCCC(N)=O)c(=O)[nH]c1=O. The lowest BCUT2D eigenvalue weighted by molar-refractivity contribution is -0.117. The van der Waals surface area contributed by atoms with Crippen LogP contribution < -0.4 is 28.0 Å². The molecule has 1 heterocycles. The number of carbonyl (C=O) groups is 1. The molecule has 0 atom stereocenters. The molecule has 0 saturated heterocycles. The summed E-state index contributed by atoms with van der Waals surface area (Å²) >= 11 is 0. The summed E-state index contributed by atoms with van der Waals surface area (Å²) in [5, 5.41) is 2.72. The molecule has 1 aromatic rings. The smallest absolute Gasteiger partial charge is 0.330 e. The van der Waals surface area contributed by atoms with Crippen LogP contribution in [0, 0.1) is 5.92 Å². The first-order chi connectivity index (χ1) is 8.82. The molecule has 0 bridgehead atoms. The summed E-state index contributed by atoms with van der Waals surface area (Å²) in [6, 6.07) is 0. The number of hydrogen-bond donors (Lipinski definition) is 4. The third kappa shape index (κ3) is 3.87. The molecule has 1 amide bonds. The third-order valence-corrected chi connectivity index (χ3v) is 2.46. The average Bonchev–Trinajstić information content (AvgIpc) is 2.28. The summed E-state index contributed by atoms with van der Waals surface area (Å²) in [4.78, 5) is 36.1. The van der Waals surface area contributed by atoms with Crippen LogP contribution >= 0.6 is 0 Å². The number of carbonyl (C=O) groups excluding carboxylic acids is 1. The number of primary amides is 1. The fourth-order valence-electron chi connectivity index (χ4n) is 1.62. The fourth-order valence-corrected chi connectivity index (χ4v) is 1.62. The largest absolute Gasteiger partial charge is 0.383 e. The molecule has 0 fully saturated rings. The van der Waals surface area contributed by atoms with E-state index in [9.17, 15) is 14.4 Å². The Bertz CT molecular complexity index is 573. The summed E-state index contributed by atoms with van der Waals surface area (Å²) < 4.78 is 1.29. The highest BCUT2D eigenvalue weighted by molar-refractivity contribution is 5.74. The Morgan fingerprint density at radius 1 is 1.42 bits per heavy atom. The Labute approximate surface area is 109 Å². The molecule has 1 aromatic heterocycles. The summed E-state index contributed by atoms with van der Waals surface area (Å²) in [5.41, 5.74) is 9.75. The topological polar surface area (TPSA) is 136 Å². The summed E-state index contributed by atoms with van der Waals surface area (Å²) in [6.07, 6.45) is 0.0716. The van der Waals surface area contributed by atoms with Gasteiger partial charge in [-0.15, -0.1) is 0 Å². The summed E-state index contributed by atoms with van der Waals surface area (Å²) in [6.45, 7) is 4.43. The van der Waals surface area contributed by atoms with Crippen molar-refractivity contribution in [1.29, 1.82) is 0 Å². The van der Waals surface area contributed by atoms with Crippen molar-refractivity contribution in [2.75, 3.05) is 17.6 Å². The standard InChI is InChI=1S/C11H19N5O3/c1-6(2)5-16-9(13)8(10(18)15-11(16)19)14-4-3-7(12)17/h6,14H,3-5,13H2,1-2H3,(H2,12,17)(H,15,18,19). The minimum Gasteiger partial charge on any atom is -0.383 e. The number of nitrogens with two attached hydrogens (primary N) is 2. The van der Waals surface area contributed by atoms with Gasteiger partial charge in [0, 0.05) is 19.5 Å². The average molecular weight is 269 g/mol. The molecule has 19 heavy (non-hydrogen) atoms. The van der Waals surface area contributed by atoms with Crippen LogP contribution in [0.2, 0.25) is 0 Å². The van der Waals surface area contributed by atoms with Crippen LogP contribution in [0.1, 0.15) is 20.3 Å². The second-order valence-electron chi connectivity index (χ2n) is 4.67. The second-order valence-corrected chi connectivity index (χ2v) is 4.67. The molecule has 8 nitrogen and oxygen atoms in total. The number of hydrogen-bond acceptors (Lipinski definition) is 5. The van der Waals surface area contributed by atoms with Gasteiger partial charge in [0.1, 0.15) is 11.5 Å². The molecular weight excluding hydrogens is 250 g/mol. The van der Waals surface area contributed by atoms with Crippen LogP contribution in [0.5, 0.6) is 0 Å². The van der Waals surface area contributed by atoms with Crippen molar-refractivity contribution in [2.45, 2.75) is 26.8 Å². The van der Waals surface area contributed by atoms with Gasteiger partial charge >= 0.3 is 5.69 Å². The molecule has 0 saturated carbocycles. The van der Waals surface area contributed by atoms with Gasteiger partial charge in [0.2, 0.25) is 5.91 Å². The van der Waals surface area contributed by atoms with Gasteiger partial charge < -0.3 is 16.8 Å². The molecule has 106 valence electrons. The highest BCUT2D eigenvalue weighted by Gasteiger charge is 2.12. The molecule has 0 aliphatic heterocycles. The fraction of sp³-hybridized carbons (Fsp3) is 0.545. The molecule has 6 N–H and O–H groups in total. The van der Waals surface area contributed by atoms with Crippen molar-refractivity contribution in [1.82, 2.24) is 9.55 Å². The zero-order chi connectivity index (χ0) is 14.6. The van der Waals surface area contributed by atoms with Crippen molar-refractivity contribution < 1.29 is 4.79 Å². The van der Waals surface area contributed by atoms with Crippen molar-refractivity contribution in [3.63, 3.8) is 0 Å². The van der Waals surface area contributed by atoms with Crippen LogP contribution in [0.4, 0.5) is 11.5 Å². The molecule has 1 rings (SSSR count). The van der Waals surface area contributed by atoms with E-state index >= 15 is 0 Å². The predicted molar refractivity (Wildman–Crippen MR) is 72.9 cm³/mol. The minimum atomic E-state index is -0.605. The zero-order valence-corrected chi connectivity index (χ0v) is 11.0. The molecule has 0 aromatic carbocycles. The van der Waals surface area contributed by atoms with Crippen molar-refractivity contribution >= 4 is 17.4 Å². The van der Waals surface area contributed by atoms with E-state index < -0.39 is 17.2 Å². The first-order valence-corrected chi connectivity index (χ1v) is 5.97. The number of amides is 1. The number of aromatic amines is 1. The molecule has 0 aliphatic carbocycles. The van der Waals surface area contributed by atoms with Crippen LogP contribution in [0.15, 0.2) is 9.59 Å². The number of nitrogens with one attached hydrogen (secondary N) is 2. The highest BCUT2D eigenvalue weighted by Crippen LogP contribution is 2.11. The first kappa shape index (κ1) is 14.8. The van der Waals surface area contributed by atoms with Crippen LogP contribution in [0.3, 0.4) is 0 Å². The van der Waals surface area contributed by atoms with E-state index in [-0.39, 0.29) is 30.4 Å². The van der Waals surface area contributed by atoms with Gasteiger partial charge in [-0.1, -0.05) is 13.8 Å². The molecule has 0 unspecified atom stereocenters. The lowest BCUT2D eigenvalue weighted by atomic mass is 10.2. The van der Waals surface area contributed by atoms with Crippen LogP contribution in [0.25, 0.3) is 0 Å². The van der Waals surface area contributed by atoms with Gasteiger partial charge in [-0.2, -0.15) is 0 Å². The molecule has 0 spiro atoms. The maximum absolute atomic E-state index is 11.7. The zero-order valence-electron chi connectivity index (χ0n) is 11.0. The molecule has 0 radical (unpaired) electrons. The van der Waals surface area contributed by atoms with Crippen molar-refractivity contribution in [3.8, 4) is 0 Å². The Morgan fingerprint density at radius 2 is 2.05 bits per heavy atom.